The molecule has 1 N–H and O–H groups in total. The van der Waals surface area contributed by atoms with Gasteiger partial charge >= 0.3 is 0 Å². The van der Waals surface area contributed by atoms with Crippen LogP contribution < -0.4 is 14.8 Å². The number of hydrogen-bond acceptors (Lipinski definition) is 6. The topological polar surface area (TPSA) is 76.7 Å². The first kappa shape index (κ1) is 16.2. The van der Waals surface area contributed by atoms with Crippen molar-refractivity contribution in [2.45, 2.75) is 0 Å². The molecule has 0 aliphatic carbocycles. The Morgan fingerprint density at radius 3 is 2.77 bits per heavy atom. The first-order valence-electron chi connectivity index (χ1n) is 7.57. The van der Waals surface area contributed by atoms with Crippen molar-refractivity contribution in [2.24, 2.45) is 0 Å². The molecule has 0 spiro atoms. The Bertz CT molecular complexity index is 1220. The molecule has 0 atom stereocenters. The summed E-state index contributed by atoms with van der Waals surface area (Å²) in [6.45, 7) is 0. The lowest BCUT2D eigenvalue weighted by Gasteiger charge is -2.04. The van der Waals surface area contributed by atoms with Crippen molar-refractivity contribution < 1.29 is 14.2 Å². The monoisotopic (exact) mass is 369 g/mol. The fourth-order valence-electron chi connectivity index (χ4n) is 2.58. The molecule has 0 saturated carbocycles. The normalized spacial score (nSPS) is 12.0. The predicted molar refractivity (Wildman–Crippen MR) is 96.0 cm³/mol. The Labute approximate surface area is 150 Å². The molecule has 130 valence electrons. The van der Waals surface area contributed by atoms with E-state index in [1.54, 1.807) is 24.7 Å². The van der Waals surface area contributed by atoms with Crippen molar-refractivity contribution >= 4 is 22.4 Å². The number of halogens is 1. The lowest BCUT2D eigenvalue weighted by Crippen LogP contribution is -2.22. The second-order valence-electron chi connectivity index (χ2n) is 5.48. The zero-order valence-corrected chi connectivity index (χ0v) is 14.3. The lowest BCUT2D eigenvalue weighted by atomic mass is 10.2. The fraction of sp³-hybridized carbons (Fsp3) is 0.0556. The first-order valence-corrected chi connectivity index (χ1v) is 8.39. The largest absolute Gasteiger partial charge is 0.502 e. The van der Waals surface area contributed by atoms with Gasteiger partial charge in [-0.05, 0) is 35.9 Å². The van der Waals surface area contributed by atoms with E-state index in [0.717, 1.165) is 11.6 Å². The van der Waals surface area contributed by atoms with E-state index in [1.807, 2.05) is 12.1 Å². The molecule has 0 unspecified atom stereocenters. The Morgan fingerprint density at radius 2 is 2.08 bits per heavy atom. The highest BCUT2D eigenvalue weighted by atomic mass is 32.1. The third-order valence-electron chi connectivity index (χ3n) is 3.85. The van der Waals surface area contributed by atoms with Gasteiger partial charge in [0.15, 0.2) is 22.3 Å². The average Bonchev–Trinajstić information content (AvgIpc) is 3.19. The molecule has 4 aromatic rings. The van der Waals surface area contributed by atoms with Crippen molar-refractivity contribution in [2.75, 3.05) is 7.11 Å². The highest BCUT2D eigenvalue weighted by molar-refractivity contribution is 7.15. The molecule has 0 aliphatic rings. The SMILES string of the molecule is COc1cc(C=c2sc3nc(-c4ccncc4)cn3c2=O)cc(F)c1O. The fourth-order valence-corrected chi connectivity index (χ4v) is 3.53. The van der Waals surface area contributed by atoms with Crippen molar-refractivity contribution in [3.63, 3.8) is 0 Å². The smallest absolute Gasteiger partial charge is 0.274 e. The minimum atomic E-state index is -0.815. The van der Waals surface area contributed by atoms with Gasteiger partial charge in [0.25, 0.3) is 5.56 Å². The molecule has 0 fully saturated rings. The number of ether oxygens (including phenoxy) is 1. The molecule has 0 amide bonds. The zero-order chi connectivity index (χ0) is 18.3. The van der Waals surface area contributed by atoms with Gasteiger partial charge in [0.05, 0.1) is 17.3 Å². The molecule has 4 rings (SSSR count). The first-order chi connectivity index (χ1) is 12.6. The van der Waals surface area contributed by atoms with Crippen LogP contribution in [0.3, 0.4) is 0 Å². The van der Waals surface area contributed by atoms with Gasteiger partial charge in [0.1, 0.15) is 0 Å². The number of fused-ring (bicyclic) bond motifs is 1. The van der Waals surface area contributed by atoms with Crippen LogP contribution in [0.15, 0.2) is 47.7 Å². The maximum absolute atomic E-state index is 13.8. The van der Waals surface area contributed by atoms with E-state index in [2.05, 4.69) is 9.97 Å². The summed E-state index contributed by atoms with van der Waals surface area (Å²) in [5.74, 6) is -1.37. The summed E-state index contributed by atoms with van der Waals surface area (Å²) >= 11 is 1.20. The van der Waals surface area contributed by atoms with E-state index >= 15 is 0 Å². The number of nitrogens with zero attached hydrogens (tertiary/aromatic N) is 3. The molecule has 1 aromatic carbocycles. The van der Waals surface area contributed by atoms with Crippen LogP contribution in [0.4, 0.5) is 4.39 Å². The number of methoxy groups -OCH3 is 1. The average molecular weight is 369 g/mol. The van der Waals surface area contributed by atoms with Crippen LogP contribution >= 0.6 is 11.3 Å². The van der Waals surface area contributed by atoms with Gasteiger partial charge in [0.2, 0.25) is 0 Å². The van der Waals surface area contributed by atoms with Gasteiger partial charge < -0.3 is 9.84 Å². The molecule has 3 heterocycles. The van der Waals surface area contributed by atoms with Crippen LogP contribution in [0.1, 0.15) is 5.56 Å². The van der Waals surface area contributed by atoms with Crippen LogP contribution in [0.5, 0.6) is 11.5 Å². The van der Waals surface area contributed by atoms with Gasteiger partial charge in [0, 0.05) is 24.2 Å². The molecule has 0 bridgehead atoms. The van der Waals surface area contributed by atoms with Gasteiger partial charge in [-0.15, -0.1) is 0 Å². The third kappa shape index (κ3) is 2.70. The summed E-state index contributed by atoms with van der Waals surface area (Å²) in [4.78, 5) is 21.6. The second kappa shape index (κ2) is 6.23. The molecule has 0 aliphatic heterocycles. The second-order valence-corrected chi connectivity index (χ2v) is 6.49. The minimum absolute atomic E-state index is 0.00464. The molecular weight excluding hydrogens is 357 g/mol. The summed E-state index contributed by atoms with van der Waals surface area (Å²) in [5, 5.41) is 9.57. The van der Waals surface area contributed by atoms with Crippen LogP contribution in [-0.4, -0.2) is 26.6 Å². The van der Waals surface area contributed by atoms with Gasteiger partial charge in [-0.25, -0.2) is 9.37 Å². The molecule has 8 heteroatoms. The number of pyridine rings is 1. The van der Waals surface area contributed by atoms with Gasteiger partial charge in [-0.1, -0.05) is 11.3 Å². The molecule has 6 nitrogen and oxygen atoms in total. The Morgan fingerprint density at radius 1 is 1.31 bits per heavy atom. The standard InChI is InChI=1S/C18H12FN3O3S/c1-25-14-7-10(6-12(19)16(14)23)8-15-17(24)22-9-13(21-18(22)26-15)11-2-4-20-5-3-11/h2-9,23H,1H3. The molecule has 26 heavy (non-hydrogen) atoms. The van der Waals surface area contributed by atoms with Crippen LogP contribution in [0, 0.1) is 5.82 Å². The molecular formula is C18H12FN3O3S. The van der Waals surface area contributed by atoms with Crippen LogP contribution in [-0.2, 0) is 0 Å². The minimum Gasteiger partial charge on any atom is -0.502 e. The van der Waals surface area contributed by atoms with Gasteiger partial charge in [-0.3, -0.25) is 14.2 Å². The van der Waals surface area contributed by atoms with Crippen molar-refractivity contribution in [1.82, 2.24) is 14.4 Å². The highest BCUT2D eigenvalue weighted by Gasteiger charge is 2.12. The van der Waals surface area contributed by atoms with Gasteiger partial charge in [-0.2, -0.15) is 0 Å². The van der Waals surface area contributed by atoms with Crippen molar-refractivity contribution in [3.05, 3.63) is 69.1 Å². The maximum atomic E-state index is 13.8. The summed E-state index contributed by atoms with van der Waals surface area (Å²) in [6, 6.07) is 6.23. The zero-order valence-electron chi connectivity index (χ0n) is 13.5. The lowest BCUT2D eigenvalue weighted by molar-refractivity contribution is 0.357. The summed E-state index contributed by atoms with van der Waals surface area (Å²) in [6.07, 6.45) is 6.53. The molecule has 0 saturated heterocycles. The number of aromatic hydroxyl groups is 1. The van der Waals surface area contributed by atoms with E-state index in [-0.39, 0.29) is 11.3 Å². The number of phenolic OH excluding ortho intramolecular Hbond substituents is 1. The Balaban J connectivity index is 1.82. The predicted octanol–water partition coefficient (Wildman–Crippen LogP) is 2.22. The van der Waals surface area contributed by atoms with E-state index in [1.165, 1.54) is 28.9 Å². The molecule has 3 aromatic heterocycles. The van der Waals surface area contributed by atoms with Crippen molar-refractivity contribution in [1.29, 1.82) is 0 Å². The van der Waals surface area contributed by atoms with E-state index in [4.69, 9.17) is 4.74 Å². The third-order valence-corrected chi connectivity index (χ3v) is 4.83. The Kier molecular flexibility index (Phi) is 3.89. The quantitative estimate of drug-likeness (QED) is 0.599. The number of rotatable bonds is 3. The number of thiazole rings is 1. The highest BCUT2D eigenvalue weighted by Crippen LogP contribution is 2.30. The maximum Gasteiger partial charge on any atom is 0.274 e. The number of aromatic nitrogens is 3. The van der Waals surface area contributed by atoms with Crippen molar-refractivity contribution in [3.8, 4) is 22.8 Å². The number of phenols is 1. The van der Waals surface area contributed by atoms with E-state index in [0.29, 0.717) is 20.8 Å². The van der Waals surface area contributed by atoms with E-state index < -0.39 is 11.6 Å². The number of benzene rings is 1. The van der Waals surface area contributed by atoms with Crippen LogP contribution in [0.2, 0.25) is 0 Å². The van der Waals surface area contributed by atoms with E-state index in [9.17, 15) is 14.3 Å². The molecule has 0 radical (unpaired) electrons. The number of hydrogen-bond donors (Lipinski definition) is 1. The van der Waals surface area contributed by atoms with Crippen LogP contribution in [0.25, 0.3) is 22.3 Å². The Hall–Kier alpha value is -3.26. The number of imidazole rings is 1. The summed E-state index contributed by atoms with van der Waals surface area (Å²) < 4.78 is 20.6. The summed E-state index contributed by atoms with van der Waals surface area (Å²) in [5.41, 5.74) is 1.71. The summed E-state index contributed by atoms with van der Waals surface area (Å²) in [7, 11) is 1.33.